The van der Waals surface area contributed by atoms with Gasteiger partial charge in [0.05, 0.1) is 6.42 Å². The molecule has 6 heteroatoms. The van der Waals surface area contributed by atoms with Crippen LogP contribution in [0.1, 0.15) is 43.1 Å². The van der Waals surface area contributed by atoms with Crippen molar-refractivity contribution >= 4 is 29.1 Å². The molecule has 0 unspecified atom stereocenters. The van der Waals surface area contributed by atoms with Gasteiger partial charge in [0.25, 0.3) is 5.91 Å². The molecule has 0 aromatic heterocycles. The molecule has 6 nitrogen and oxygen atoms in total. The number of hydrogen-bond donors (Lipinski definition) is 3. The van der Waals surface area contributed by atoms with Crippen molar-refractivity contribution in [2.24, 2.45) is 0 Å². The second-order valence-corrected chi connectivity index (χ2v) is 6.53. The molecule has 3 amide bonds. The lowest BCUT2D eigenvalue weighted by Gasteiger charge is -2.10. The lowest BCUT2D eigenvalue weighted by molar-refractivity contribution is -0.121. The molecule has 3 N–H and O–H groups in total. The van der Waals surface area contributed by atoms with Crippen molar-refractivity contribution in [2.75, 3.05) is 10.6 Å². The van der Waals surface area contributed by atoms with Crippen LogP contribution in [0.2, 0.25) is 0 Å². The molecule has 0 atom stereocenters. The Morgan fingerprint density at radius 3 is 2.22 bits per heavy atom. The minimum Gasteiger partial charge on any atom is -0.354 e. The van der Waals surface area contributed by atoms with Crippen molar-refractivity contribution in [1.29, 1.82) is 0 Å². The number of hydrogen-bond acceptors (Lipinski definition) is 3. The molecule has 27 heavy (non-hydrogen) atoms. The molecule has 0 saturated heterocycles. The van der Waals surface area contributed by atoms with E-state index in [1.54, 1.807) is 43.3 Å². The second kappa shape index (κ2) is 9.52. The van der Waals surface area contributed by atoms with Crippen LogP contribution in [0.15, 0.2) is 48.5 Å². The van der Waals surface area contributed by atoms with E-state index in [1.807, 2.05) is 26.0 Å². The van der Waals surface area contributed by atoms with Gasteiger partial charge in [-0.1, -0.05) is 25.1 Å². The van der Waals surface area contributed by atoms with E-state index in [0.717, 1.165) is 5.56 Å². The molecule has 0 heterocycles. The van der Waals surface area contributed by atoms with Crippen LogP contribution in [0.5, 0.6) is 0 Å². The number of amides is 3. The molecular formula is C21H25N3O3. The molecule has 0 saturated carbocycles. The van der Waals surface area contributed by atoms with Crippen LogP contribution in [-0.4, -0.2) is 23.8 Å². The Balaban J connectivity index is 1.98. The highest BCUT2D eigenvalue weighted by Crippen LogP contribution is 2.15. The first kappa shape index (κ1) is 20.2. The van der Waals surface area contributed by atoms with Crippen LogP contribution in [0.3, 0.4) is 0 Å². The van der Waals surface area contributed by atoms with Crippen LogP contribution in [0.25, 0.3) is 0 Å². The van der Waals surface area contributed by atoms with Crippen molar-refractivity contribution in [3.8, 4) is 0 Å². The van der Waals surface area contributed by atoms with Gasteiger partial charge in [-0.2, -0.15) is 0 Å². The quantitative estimate of drug-likeness (QED) is 0.701. The van der Waals surface area contributed by atoms with Gasteiger partial charge >= 0.3 is 0 Å². The van der Waals surface area contributed by atoms with Gasteiger partial charge in [-0.15, -0.1) is 0 Å². The van der Waals surface area contributed by atoms with Crippen LogP contribution >= 0.6 is 0 Å². The molecule has 2 aromatic rings. The first-order valence-electron chi connectivity index (χ1n) is 8.97. The number of benzene rings is 2. The fourth-order valence-corrected chi connectivity index (χ4v) is 2.46. The Hall–Kier alpha value is -3.15. The van der Waals surface area contributed by atoms with Gasteiger partial charge in [0, 0.05) is 29.4 Å². The Morgan fingerprint density at radius 2 is 1.59 bits per heavy atom. The summed E-state index contributed by atoms with van der Waals surface area (Å²) in [5, 5.41) is 8.39. The molecule has 142 valence electrons. The summed E-state index contributed by atoms with van der Waals surface area (Å²) < 4.78 is 0. The van der Waals surface area contributed by atoms with Crippen molar-refractivity contribution in [1.82, 2.24) is 5.32 Å². The van der Waals surface area contributed by atoms with Crippen LogP contribution < -0.4 is 16.0 Å². The fraction of sp³-hybridized carbons (Fsp3) is 0.286. The number of anilines is 2. The maximum Gasteiger partial charge on any atom is 0.255 e. The molecule has 0 aliphatic rings. The number of carbonyl (C=O) groups excluding carboxylic acids is 3. The van der Waals surface area contributed by atoms with Gasteiger partial charge in [0.2, 0.25) is 11.8 Å². The lowest BCUT2D eigenvalue weighted by atomic mass is 10.1. The standard InChI is InChI=1S/C21H25N3O3/c1-4-19(25)23-18-7-5-6-16(13-18)21(27)24-17-10-8-15(9-11-17)12-20(26)22-14(2)3/h5-11,13-14H,4,12H2,1-3H3,(H,22,26)(H,23,25)(H,24,27). The predicted molar refractivity (Wildman–Crippen MR) is 107 cm³/mol. The summed E-state index contributed by atoms with van der Waals surface area (Å²) in [5.41, 5.74) is 2.54. The van der Waals surface area contributed by atoms with E-state index in [4.69, 9.17) is 0 Å². The normalized spacial score (nSPS) is 10.4. The largest absolute Gasteiger partial charge is 0.354 e. The van der Waals surface area contributed by atoms with E-state index < -0.39 is 0 Å². The van der Waals surface area contributed by atoms with Gasteiger partial charge in [0.15, 0.2) is 0 Å². The van der Waals surface area contributed by atoms with Gasteiger partial charge < -0.3 is 16.0 Å². The number of nitrogens with one attached hydrogen (secondary N) is 3. The molecule has 0 aliphatic heterocycles. The third kappa shape index (κ3) is 6.58. The average molecular weight is 367 g/mol. The fourth-order valence-electron chi connectivity index (χ4n) is 2.46. The lowest BCUT2D eigenvalue weighted by Crippen LogP contribution is -2.31. The number of carbonyl (C=O) groups is 3. The summed E-state index contributed by atoms with van der Waals surface area (Å²) in [6.45, 7) is 5.60. The smallest absolute Gasteiger partial charge is 0.255 e. The summed E-state index contributed by atoms with van der Waals surface area (Å²) in [6.07, 6.45) is 0.670. The van der Waals surface area contributed by atoms with Crippen molar-refractivity contribution in [3.05, 3.63) is 59.7 Å². The van der Waals surface area contributed by atoms with E-state index in [2.05, 4.69) is 16.0 Å². The molecule has 2 rings (SSSR count). The van der Waals surface area contributed by atoms with Gasteiger partial charge in [-0.25, -0.2) is 0 Å². The van der Waals surface area contributed by atoms with Crippen LogP contribution in [0, 0.1) is 0 Å². The molecule has 0 radical (unpaired) electrons. The third-order valence-electron chi connectivity index (χ3n) is 3.76. The summed E-state index contributed by atoms with van der Waals surface area (Å²) in [7, 11) is 0. The minimum atomic E-state index is -0.270. The molecule has 0 spiro atoms. The summed E-state index contributed by atoms with van der Waals surface area (Å²) in [5.74, 6) is -0.412. The zero-order valence-corrected chi connectivity index (χ0v) is 15.8. The molecular weight excluding hydrogens is 342 g/mol. The Kier molecular flexibility index (Phi) is 7.11. The maximum atomic E-state index is 12.4. The Morgan fingerprint density at radius 1 is 0.889 bits per heavy atom. The van der Waals surface area contributed by atoms with E-state index in [-0.39, 0.29) is 23.8 Å². The minimum absolute atomic E-state index is 0.0345. The Labute approximate surface area is 159 Å². The second-order valence-electron chi connectivity index (χ2n) is 6.53. The van der Waals surface area contributed by atoms with E-state index >= 15 is 0 Å². The molecule has 0 aliphatic carbocycles. The van der Waals surface area contributed by atoms with Crippen LogP contribution in [-0.2, 0) is 16.0 Å². The summed E-state index contributed by atoms with van der Waals surface area (Å²) in [4.78, 5) is 35.7. The van der Waals surface area contributed by atoms with Gasteiger partial charge in [-0.3, -0.25) is 14.4 Å². The maximum absolute atomic E-state index is 12.4. The highest BCUT2D eigenvalue weighted by molar-refractivity contribution is 6.05. The third-order valence-corrected chi connectivity index (χ3v) is 3.76. The van der Waals surface area contributed by atoms with Crippen molar-refractivity contribution in [3.63, 3.8) is 0 Å². The first-order chi connectivity index (χ1) is 12.9. The molecule has 0 bridgehead atoms. The Bertz CT molecular complexity index is 814. The van der Waals surface area contributed by atoms with Gasteiger partial charge in [-0.05, 0) is 49.7 Å². The van der Waals surface area contributed by atoms with Crippen molar-refractivity contribution < 1.29 is 14.4 Å². The molecule has 0 fully saturated rings. The SMILES string of the molecule is CCC(=O)Nc1cccc(C(=O)Nc2ccc(CC(=O)NC(C)C)cc2)c1. The first-order valence-corrected chi connectivity index (χ1v) is 8.97. The van der Waals surface area contributed by atoms with Gasteiger partial charge in [0.1, 0.15) is 0 Å². The summed E-state index contributed by atoms with van der Waals surface area (Å²) in [6, 6.07) is 14.0. The topological polar surface area (TPSA) is 87.3 Å². The molecule has 2 aromatic carbocycles. The zero-order valence-electron chi connectivity index (χ0n) is 15.8. The zero-order chi connectivity index (χ0) is 19.8. The van der Waals surface area contributed by atoms with E-state index in [9.17, 15) is 14.4 Å². The number of rotatable bonds is 7. The van der Waals surface area contributed by atoms with Crippen molar-refractivity contribution in [2.45, 2.75) is 39.7 Å². The summed E-state index contributed by atoms with van der Waals surface area (Å²) >= 11 is 0. The highest BCUT2D eigenvalue weighted by Gasteiger charge is 2.09. The van der Waals surface area contributed by atoms with Crippen LogP contribution in [0.4, 0.5) is 11.4 Å². The average Bonchev–Trinajstić information content (AvgIpc) is 2.62. The predicted octanol–water partition coefficient (Wildman–Crippen LogP) is 3.35. The van der Waals surface area contributed by atoms with E-state index in [0.29, 0.717) is 29.8 Å². The highest BCUT2D eigenvalue weighted by atomic mass is 16.2. The monoisotopic (exact) mass is 367 g/mol. The van der Waals surface area contributed by atoms with E-state index in [1.165, 1.54) is 0 Å².